The lowest BCUT2D eigenvalue weighted by molar-refractivity contribution is -0.123. The highest BCUT2D eigenvalue weighted by atomic mass is 79.9. The summed E-state index contributed by atoms with van der Waals surface area (Å²) in [7, 11) is 0. The first-order chi connectivity index (χ1) is 11.4. The fraction of sp³-hybridized carbons (Fsp3) is 0.176. The predicted molar refractivity (Wildman–Crippen MR) is 94.6 cm³/mol. The average molecular weight is 393 g/mol. The number of phenolic OH excluding ortho intramolecular Hbond substituents is 2. The molecule has 1 amide bonds. The quantitative estimate of drug-likeness (QED) is 0.414. The zero-order valence-electron chi connectivity index (χ0n) is 13.2. The molecule has 0 aromatic heterocycles. The smallest absolute Gasteiger partial charge is 0.277 e. The number of aryl methyl sites for hydroxylation is 2. The molecular weight excluding hydrogens is 376 g/mol. The molecule has 0 saturated carbocycles. The van der Waals surface area contributed by atoms with E-state index in [1.807, 2.05) is 26.0 Å². The second-order valence-electron chi connectivity index (χ2n) is 5.22. The van der Waals surface area contributed by atoms with E-state index < -0.39 is 5.91 Å². The van der Waals surface area contributed by atoms with Gasteiger partial charge in [0.15, 0.2) is 18.1 Å². The largest absolute Gasteiger partial charge is 0.504 e. The molecule has 0 fully saturated rings. The van der Waals surface area contributed by atoms with Gasteiger partial charge in [-0.25, -0.2) is 5.43 Å². The lowest BCUT2D eigenvalue weighted by atomic mass is 10.1. The molecule has 0 aliphatic carbocycles. The van der Waals surface area contributed by atoms with E-state index >= 15 is 0 Å². The monoisotopic (exact) mass is 392 g/mol. The normalized spacial score (nSPS) is 10.8. The number of halogens is 1. The predicted octanol–water partition coefficient (Wildman–Crippen LogP) is 3.01. The van der Waals surface area contributed by atoms with Crippen LogP contribution in [-0.4, -0.2) is 28.9 Å². The summed E-state index contributed by atoms with van der Waals surface area (Å²) in [5.74, 6) is -0.277. The maximum atomic E-state index is 11.8. The first-order valence-corrected chi connectivity index (χ1v) is 7.89. The molecule has 0 bridgehead atoms. The topological polar surface area (TPSA) is 91.2 Å². The summed E-state index contributed by atoms with van der Waals surface area (Å²) in [6, 6.07) is 8.09. The van der Waals surface area contributed by atoms with Crippen LogP contribution < -0.4 is 10.2 Å². The van der Waals surface area contributed by atoms with Crippen LogP contribution in [0.1, 0.15) is 16.7 Å². The number of carbonyl (C=O) groups excluding carboxylic acids is 1. The van der Waals surface area contributed by atoms with Gasteiger partial charge in [0.1, 0.15) is 5.75 Å². The lowest BCUT2D eigenvalue weighted by Gasteiger charge is -2.11. The molecule has 126 valence electrons. The first kappa shape index (κ1) is 17.8. The number of amides is 1. The highest BCUT2D eigenvalue weighted by molar-refractivity contribution is 9.10. The summed E-state index contributed by atoms with van der Waals surface area (Å²) < 4.78 is 6.30. The molecule has 0 unspecified atom stereocenters. The van der Waals surface area contributed by atoms with Crippen molar-refractivity contribution < 1.29 is 19.7 Å². The third-order valence-corrected chi connectivity index (χ3v) is 3.71. The number of benzene rings is 2. The van der Waals surface area contributed by atoms with Crippen molar-refractivity contribution >= 4 is 28.1 Å². The van der Waals surface area contributed by atoms with Crippen molar-refractivity contribution in [2.75, 3.05) is 6.61 Å². The number of hydrazone groups is 1. The minimum Gasteiger partial charge on any atom is -0.504 e. The van der Waals surface area contributed by atoms with Crippen molar-refractivity contribution in [3.8, 4) is 17.2 Å². The van der Waals surface area contributed by atoms with Crippen LogP contribution in [0.4, 0.5) is 0 Å². The Balaban J connectivity index is 1.90. The van der Waals surface area contributed by atoms with Crippen LogP contribution in [-0.2, 0) is 4.79 Å². The third-order valence-electron chi connectivity index (χ3n) is 3.12. The second-order valence-corrected chi connectivity index (χ2v) is 6.08. The number of rotatable bonds is 5. The van der Waals surface area contributed by atoms with Crippen LogP contribution in [0.5, 0.6) is 17.2 Å². The Morgan fingerprint density at radius 1 is 1.25 bits per heavy atom. The van der Waals surface area contributed by atoms with Crippen molar-refractivity contribution in [1.29, 1.82) is 0 Å². The lowest BCUT2D eigenvalue weighted by Crippen LogP contribution is -2.24. The molecule has 7 heteroatoms. The van der Waals surface area contributed by atoms with Gasteiger partial charge in [-0.1, -0.05) is 6.07 Å². The number of ether oxygens (including phenoxy) is 1. The molecule has 0 atom stereocenters. The number of aromatic hydroxyl groups is 2. The zero-order chi connectivity index (χ0) is 17.7. The summed E-state index contributed by atoms with van der Waals surface area (Å²) in [6.45, 7) is 3.70. The van der Waals surface area contributed by atoms with Crippen LogP contribution in [0.15, 0.2) is 39.9 Å². The Hall–Kier alpha value is -2.54. The molecule has 2 aromatic rings. The Morgan fingerprint density at radius 2 is 2.00 bits per heavy atom. The van der Waals surface area contributed by atoms with Crippen LogP contribution in [0, 0.1) is 13.8 Å². The van der Waals surface area contributed by atoms with Crippen molar-refractivity contribution in [2.24, 2.45) is 5.10 Å². The van der Waals surface area contributed by atoms with E-state index in [1.54, 1.807) is 6.07 Å². The average Bonchev–Trinajstić information content (AvgIpc) is 2.49. The van der Waals surface area contributed by atoms with Gasteiger partial charge in [-0.05, 0) is 70.7 Å². The molecule has 3 N–H and O–H groups in total. The number of hydrogen-bond acceptors (Lipinski definition) is 5. The van der Waals surface area contributed by atoms with E-state index in [1.165, 1.54) is 18.3 Å². The number of nitrogens with one attached hydrogen (secondary N) is 1. The highest BCUT2D eigenvalue weighted by Crippen LogP contribution is 2.30. The number of hydrogen-bond donors (Lipinski definition) is 3. The fourth-order valence-electron chi connectivity index (χ4n) is 2.05. The van der Waals surface area contributed by atoms with Gasteiger partial charge in [-0.3, -0.25) is 4.79 Å². The van der Waals surface area contributed by atoms with Crippen LogP contribution in [0.2, 0.25) is 0 Å². The van der Waals surface area contributed by atoms with Crippen LogP contribution >= 0.6 is 15.9 Å². The second kappa shape index (κ2) is 7.83. The Morgan fingerprint density at radius 3 is 2.67 bits per heavy atom. The Bertz CT molecular complexity index is 767. The van der Waals surface area contributed by atoms with E-state index in [9.17, 15) is 15.0 Å². The van der Waals surface area contributed by atoms with Gasteiger partial charge in [-0.2, -0.15) is 5.10 Å². The highest BCUT2D eigenvalue weighted by Gasteiger charge is 2.09. The minimum atomic E-state index is -0.416. The number of carbonyl (C=O) groups is 1. The molecule has 0 saturated heterocycles. The van der Waals surface area contributed by atoms with Crippen molar-refractivity contribution in [3.05, 3.63) is 51.5 Å². The Kier molecular flexibility index (Phi) is 5.81. The molecule has 0 aliphatic heterocycles. The van der Waals surface area contributed by atoms with Gasteiger partial charge in [0.25, 0.3) is 5.91 Å². The van der Waals surface area contributed by atoms with Gasteiger partial charge in [-0.15, -0.1) is 0 Å². The van der Waals surface area contributed by atoms with Gasteiger partial charge in [0.05, 0.1) is 10.7 Å². The third kappa shape index (κ3) is 4.73. The molecule has 0 spiro atoms. The molecule has 0 heterocycles. The molecule has 6 nitrogen and oxygen atoms in total. The van der Waals surface area contributed by atoms with Crippen molar-refractivity contribution in [3.63, 3.8) is 0 Å². The molecular formula is C17H17BrN2O4. The summed E-state index contributed by atoms with van der Waals surface area (Å²) in [5, 5.41) is 22.4. The summed E-state index contributed by atoms with van der Waals surface area (Å²) in [6.07, 6.45) is 1.35. The van der Waals surface area contributed by atoms with Gasteiger partial charge >= 0.3 is 0 Å². The maximum absolute atomic E-state index is 11.8. The summed E-state index contributed by atoms with van der Waals surface area (Å²) >= 11 is 3.41. The van der Waals surface area contributed by atoms with Crippen molar-refractivity contribution in [2.45, 2.75) is 13.8 Å². The van der Waals surface area contributed by atoms with E-state index in [2.05, 4.69) is 26.5 Å². The molecule has 0 aliphatic rings. The van der Waals surface area contributed by atoms with Gasteiger partial charge in [0.2, 0.25) is 0 Å². The first-order valence-electron chi connectivity index (χ1n) is 7.10. The van der Waals surface area contributed by atoms with E-state index in [0.717, 1.165) is 15.6 Å². The zero-order valence-corrected chi connectivity index (χ0v) is 14.8. The summed E-state index contributed by atoms with van der Waals surface area (Å²) in [4.78, 5) is 11.8. The van der Waals surface area contributed by atoms with Crippen molar-refractivity contribution in [1.82, 2.24) is 5.43 Å². The molecule has 2 rings (SSSR count). The SMILES string of the molecule is Cc1cc(C)c(OCC(=O)N/N=C/c2ccc(O)c(O)c2)c(Br)c1. The molecule has 24 heavy (non-hydrogen) atoms. The van der Waals surface area contributed by atoms with Crippen LogP contribution in [0.25, 0.3) is 0 Å². The van der Waals surface area contributed by atoms with Gasteiger partial charge in [0, 0.05) is 0 Å². The Labute approximate surface area is 147 Å². The standard InChI is InChI=1S/C17H17BrN2O4/c1-10-5-11(2)17(13(18)6-10)24-9-16(23)20-19-8-12-3-4-14(21)15(22)7-12/h3-8,21-22H,9H2,1-2H3,(H,20,23)/b19-8+. The van der Waals surface area contributed by atoms with Gasteiger partial charge < -0.3 is 14.9 Å². The van der Waals surface area contributed by atoms with E-state index in [-0.39, 0.29) is 18.1 Å². The fourth-order valence-corrected chi connectivity index (χ4v) is 2.84. The minimum absolute atomic E-state index is 0.180. The van der Waals surface area contributed by atoms with E-state index in [0.29, 0.717) is 11.3 Å². The number of phenols is 2. The molecule has 2 aromatic carbocycles. The number of nitrogens with zero attached hydrogens (tertiary/aromatic N) is 1. The maximum Gasteiger partial charge on any atom is 0.277 e. The van der Waals surface area contributed by atoms with E-state index in [4.69, 9.17) is 4.74 Å². The summed E-state index contributed by atoms with van der Waals surface area (Å²) in [5.41, 5.74) is 4.89. The van der Waals surface area contributed by atoms with Crippen LogP contribution in [0.3, 0.4) is 0 Å². The molecule has 0 radical (unpaired) electrons.